The van der Waals surface area contributed by atoms with E-state index in [0.717, 1.165) is 31.4 Å². The molecule has 20 heavy (non-hydrogen) atoms. The zero-order chi connectivity index (χ0) is 14.4. The molecule has 0 saturated heterocycles. The maximum absolute atomic E-state index is 11.9. The minimum absolute atomic E-state index is 0.0129. The van der Waals surface area contributed by atoms with Gasteiger partial charge in [-0.2, -0.15) is 0 Å². The topological polar surface area (TPSA) is 107 Å². The maximum atomic E-state index is 11.9. The van der Waals surface area contributed by atoms with Gasteiger partial charge in [0.1, 0.15) is 0 Å². The van der Waals surface area contributed by atoms with E-state index >= 15 is 0 Å². The second-order valence-electron chi connectivity index (χ2n) is 5.27. The third-order valence-electron chi connectivity index (χ3n) is 3.66. The van der Waals surface area contributed by atoms with Gasteiger partial charge in [0.2, 0.25) is 0 Å². The van der Waals surface area contributed by atoms with Crippen LogP contribution < -0.4 is 10.6 Å². The van der Waals surface area contributed by atoms with Crippen molar-refractivity contribution in [2.24, 2.45) is 0 Å². The highest BCUT2D eigenvalue weighted by Crippen LogP contribution is 2.32. The monoisotopic (exact) mass is 280 g/mol. The molecule has 2 rings (SSSR count). The highest BCUT2D eigenvalue weighted by Gasteiger charge is 2.37. The molecule has 0 spiro atoms. The van der Waals surface area contributed by atoms with Crippen molar-refractivity contribution in [3.8, 4) is 0 Å². The number of nitrogens with zero attached hydrogens (tertiary/aromatic N) is 1. The number of hydrogen-bond donors (Lipinski definition) is 4. The van der Waals surface area contributed by atoms with Gasteiger partial charge < -0.3 is 20.7 Å². The van der Waals surface area contributed by atoms with Gasteiger partial charge in [-0.3, -0.25) is 4.79 Å². The summed E-state index contributed by atoms with van der Waals surface area (Å²) in [4.78, 5) is 29.7. The van der Waals surface area contributed by atoms with Crippen LogP contribution in [0.5, 0.6) is 0 Å². The largest absolute Gasteiger partial charge is 0.481 e. The Morgan fingerprint density at radius 2 is 2.15 bits per heavy atom. The van der Waals surface area contributed by atoms with Crippen LogP contribution in [0.3, 0.4) is 0 Å². The lowest BCUT2D eigenvalue weighted by Gasteiger charge is -2.28. The first kappa shape index (κ1) is 14.4. The number of hydrogen-bond acceptors (Lipinski definition) is 3. The molecule has 2 amide bonds. The predicted octanol–water partition coefficient (Wildman–Crippen LogP) is 1.04. The molecule has 0 aliphatic heterocycles. The van der Waals surface area contributed by atoms with E-state index in [0.29, 0.717) is 13.0 Å². The Bertz CT molecular complexity index is 452. The SMILES string of the molecule is O=C(O)CC1(NC(=O)NCCc2cnc[nH]2)CCCC1. The van der Waals surface area contributed by atoms with Gasteiger partial charge >= 0.3 is 12.0 Å². The standard InChI is InChI=1S/C13H20N4O3/c18-11(19)7-13(4-1-2-5-13)17-12(20)15-6-3-10-8-14-9-16-10/h8-9H,1-7H2,(H,14,16)(H,18,19)(H2,15,17,20). The van der Waals surface area contributed by atoms with Crippen LogP contribution >= 0.6 is 0 Å². The first-order valence-corrected chi connectivity index (χ1v) is 6.85. The lowest BCUT2D eigenvalue weighted by molar-refractivity contribution is -0.138. The molecule has 1 aromatic heterocycles. The van der Waals surface area contributed by atoms with Gasteiger partial charge in [0, 0.05) is 24.9 Å². The molecule has 1 fully saturated rings. The molecule has 4 N–H and O–H groups in total. The van der Waals surface area contributed by atoms with Gasteiger partial charge in [-0.15, -0.1) is 0 Å². The summed E-state index contributed by atoms with van der Waals surface area (Å²) in [5.74, 6) is -0.871. The van der Waals surface area contributed by atoms with Crippen LogP contribution in [0, 0.1) is 0 Å². The summed E-state index contributed by atoms with van der Waals surface area (Å²) in [6.45, 7) is 0.483. The van der Waals surface area contributed by atoms with E-state index in [4.69, 9.17) is 5.11 Å². The molecule has 1 heterocycles. The Morgan fingerprint density at radius 3 is 2.75 bits per heavy atom. The molecular formula is C13H20N4O3. The second kappa shape index (κ2) is 6.40. The minimum atomic E-state index is -0.871. The third-order valence-corrected chi connectivity index (χ3v) is 3.66. The second-order valence-corrected chi connectivity index (χ2v) is 5.27. The quantitative estimate of drug-likeness (QED) is 0.624. The minimum Gasteiger partial charge on any atom is -0.481 e. The Balaban J connectivity index is 1.78. The van der Waals surface area contributed by atoms with Crippen molar-refractivity contribution in [1.29, 1.82) is 0 Å². The number of imidazole rings is 1. The number of nitrogens with one attached hydrogen (secondary N) is 3. The van der Waals surface area contributed by atoms with Crippen LogP contribution in [-0.2, 0) is 11.2 Å². The zero-order valence-electron chi connectivity index (χ0n) is 11.3. The van der Waals surface area contributed by atoms with E-state index in [2.05, 4.69) is 20.6 Å². The molecule has 110 valence electrons. The molecule has 1 aliphatic rings. The lowest BCUT2D eigenvalue weighted by atomic mass is 9.93. The molecule has 0 radical (unpaired) electrons. The van der Waals surface area contributed by atoms with E-state index in [1.165, 1.54) is 0 Å². The van der Waals surface area contributed by atoms with E-state index in [-0.39, 0.29) is 12.5 Å². The average molecular weight is 280 g/mol. The fraction of sp³-hybridized carbons (Fsp3) is 0.615. The fourth-order valence-corrected chi connectivity index (χ4v) is 2.70. The van der Waals surface area contributed by atoms with E-state index < -0.39 is 11.5 Å². The van der Waals surface area contributed by atoms with Crippen LogP contribution in [0.4, 0.5) is 4.79 Å². The van der Waals surface area contributed by atoms with Crippen molar-refractivity contribution in [1.82, 2.24) is 20.6 Å². The number of carbonyl (C=O) groups excluding carboxylic acids is 1. The zero-order valence-corrected chi connectivity index (χ0v) is 11.3. The van der Waals surface area contributed by atoms with E-state index in [1.807, 2.05) is 0 Å². The number of carboxylic acid groups (broad SMARTS) is 1. The molecule has 1 saturated carbocycles. The van der Waals surface area contributed by atoms with Crippen molar-refractivity contribution >= 4 is 12.0 Å². The Morgan fingerprint density at radius 1 is 1.40 bits per heavy atom. The molecule has 7 nitrogen and oxygen atoms in total. The molecule has 0 atom stereocenters. The van der Waals surface area contributed by atoms with Crippen LogP contribution in [0.1, 0.15) is 37.8 Å². The molecule has 0 aromatic carbocycles. The van der Waals surface area contributed by atoms with Crippen LogP contribution in [0.25, 0.3) is 0 Å². The summed E-state index contributed by atoms with van der Waals surface area (Å²) >= 11 is 0. The fourth-order valence-electron chi connectivity index (χ4n) is 2.70. The van der Waals surface area contributed by atoms with Crippen molar-refractivity contribution in [3.63, 3.8) is 0 Å². The molecule has 1 aliphatic carbocycles. The van der Waals surface area contributed by atoms with Crippen molar-refractivity contribution in [3.05, 3.63) is 18.2 Å². The van der Waals surface area contributed by atoms with Crippen molar-refractivity contribution in [2.75, 3.05) is 6.54 Å². The summed E-state index contributed by atoms with van der Waals surface area (Å²) < 4.78 is 0. The van der Waals surface area contributed by atoms with Gasteiger partial charge in [-0.25, -0.2) is 9.78 Å². The van der Waals surface area contributed by atoms with Crippen LogP contribution in [0.2, 0.25) is 0 Å². The van der Waals surface area contributed by atoms with Gasteiger partial charge in [0.15, 0.2) is 0 Å². The summed E-state index contributed by atoms with van der Waals surface area (Å²) in [6.07, 6.45) is 7.34. The average Bonchev–Trinajstić information content (AvgIpc) is 3.00. The van der Waals surface area contributed by atoms with Gasteiger partial charge in [0.25, 0.3) is 0 Å². The maximum Gasteiger partial charge on any atom is 0.315 e. The molecule has 7 heteroatoms. The Labute approximate surface area is 117 Å². The smallest absolute Gasteiger partial charge is 0.315 e. The molecule has 1 aromatic rings. The molecular weight excluding hydrogens is 260 g/mol. The number of H-pyrrole nitrogens is 1. The van der Waals surface area contributed by atoms with Crippen molar-refractivity contribution < 1.29 is 14.7 Å². The number of urea groups is 1. The van der Waals surface area contributed by atoms with Crippen LogP contribution in [0.15, 0.2) is 12.5 Å². The number of rotatable bonds is 6. The Hall–Kier alpha value is -2.05. The first-order valence-electron chi connectivity index (χ1n) is 6.85. The summed E-state index contributed by atoms with van der Waals surface area (Å²) in [6, 6.07) is -0.298. The van der Waals surface area contributed by atoms with Gasteiger partial charge in [-0.05, 0) is 12.8 Å². The summed E-state index contributed by atoms with van der Waals surface area (Å²) in [5, 5.41) is 14.6. The molecule has 0 unspecified atom stereocenters. The van der Waals surface area contributed by atoms with Crippen LogP contribution in [-0.4, -0.2) is 39.2 Å². The first-order chi connectivity index (χ1) is 9.60. The summed E-state index contributed by atoms with van der Waals surface area (Å²) in [5.41, 5.74) is 0.371. The number of amides is 2. The highest BCUT2D eigenvalue weighted by molar-refractivity contribution is 5.76. The third kappa shape index (κ3) is 3.97. The lowest BCUT2D eigenvalue weighted by Crippen LogP contribution is -2.51. The number of aliphatic carboxylic acids is 1. The van der Waals surface area contributed by atoms with Gasteiger partial charge in [-0.1, -0.05) is 12.8 Å². The van der Waals surface area contributed by atoms with Crippen molar-refractivity contribution in [2.45, 2.75) is 44.1 Å². The summed E-state index contributed by atoms with van der Waals surface area (Å²) in [7, 11) is 0. The number of aromatic nitrogens is 2. The predicted molar refractivity (Wildman–Crippen MR) is 72.3 cm³/mol. The molecule has 0 bridgehead atoms. The van der Waals surface area contributed by atoms with E-state index in [1.54, 1.807) is 12.5 Å². The van der Waals surface area contributed by atoms with E-state index in [9.17, 15) is 9.59 Å². The number of aromatic amines is 1. The highest BCUT2D eigenvalue weighted by atomic mass is 16.4. The van der Waals surface area contributed by atoms with Gasteiger partial charge in [0.05, 0.1) is 18.3 Å². The normalized spacial score (nSPS) is 16.8. The number of carboxylic acids is 1. The Kier molecular flexibility index (Phi) is 4.60. The number of carbonyl (C=O) groups is 2.